The molecule has 1 aromatic rings. The van der Waals surface area contributed by atoms with E-state index < -0.39 is 0 Å². The molecule has 0 spiro atoms. The molecule has 1 aliphatic heterocycles. The van der Waals surface area contributed by atoms with E-state index in [9.17, 15) is 0 Å². The number of hydrogen-bond acceptors (Lipinski definition) is 2. The molecule has 1 aliphatic carbocycles. The monoisotopic (exact) mass is 322 g/mol. The Balaban J connectivity index is 1.71. The maximum atomic E-state index is 6.31. The number of rotatable bonds is 2. The number of fused-ring (bicyclic) bond motifs is 1. The molecule has 3 heteroatoms. The second-order valence-electron chi connectivity index (χ2n) is 6.20. The van der Waals surface area contributed by atoms with Crippen LogP contribution in [0, 0.1) is 11.8 Å². The van der Waals surface area contributed by atoms with Gasteiger partial charge in [-0.3, -0.25) is 4.90 Å². The topological polar surface area (TPSA) is 29.3 Å². The fraction of sp³-hybridized carbons (Fsp3) is 0.625. The summed E-state index contributed by atoms with van der Waals surface area (Å²) in [6.07, 6.45) is 3.92. The maximum absolute atomic E-state index is 6.31. The van der Waals surface area contributed by atoms with E-state index in [0.717, 1.165) is 16.3 Å². The lowest BCUT2D eigenvalue weighted by molar-refractivity contribution is 0.245. The van der Waals surface area contributed by atoms with Crippen molar-refractivity contribution in [1.82, 2.24) is 4.90 Å². The molecule has 2 N–H and O–H groups in total. The van der Waals surface area contributed by atoms with Crippen molar-refractivity contribution in [3.05, 3.63) is 34.3 Å². The number of likely N-dealkylation sites (tertiary alicyclic amines) is 1. The van der Waals surface area contributed by atoms with Gasteiger partial charge in [-0.2, -0.15) is 0 Å². The van der Waals surface area contributed by atoms with E-state index in [-0.39, 0.29) is 0 Å². The quantitative estimate of drug-likeness (QED) is 0.901. The van der Waals surface area contributed by atoms with Gasteiger partial charge in [-0.1, -0.05) is 34.5 Å². The third-order valence-electron chi connectivity index (χ3n) is 5.08. The zero-order chi connectivity index (χ0) is 13.4. The molecule has 0 aromatic heterocycles. The Labute approximate surface area is 124 Å². The van der Waals surface area contributed by atoms with Gasteiger partial charge in [-0.25, -0.2) is 0 Å². The van der Waals surface area contributed by atoms with Gasteiger partial charge in [-0.15, -0.1) is 0 Å². The SMILES string of the molecule is CC(c1ccc(Br)cc1)N1CC2CCCC(N)C2C1. The first kappa shape index (κ1) is 13.6. The van der Waals surface area contributed by atoms with Crippen molar-refractivity contribution in [1.29, 1.82) is 0 Å². The highest BCUT2D eigenvalue weighted by Crippen LogP contribution is 2.38. The van der Waals surface area contributed by atoms with Crippen molar-refractivity contribution < 1.29 is 0 Å². The van der Waals surface area contributed by atoms with Gasteiger partial charge in [-0.05, 0) is 49.3 Å². The van der Waals surface area contributed by atoms with E-state index in [2.05, 4.69) is 52.0 Å². The summed E-state index contributed by atoms with van der Waals surface area (Å²) < 4.78 is 1.15. The van der Waals surface area contributed by atoms with Gasteiger partial charge in [0, 0.05) is 29.6 Å². The van der Waals surface area contributed by atoms with E-state index in [0.29, 0.717) is 12.1 Å². The fourth-order valence-corrected chi connectivity index (χ4v) is 4.08. The number of benzene rings is 1. The summed E-state index contributed by atoms with van der Waals surface area (Å²) in [5.74, 6) is 1.56. The molecule has 104 valence electrons. The van der Waals surface area contributed by atoms with Crippen LogP contribution in [0.15, 0.2) is 28.7 Å². The minimum atomic E-state index is 0.431. The Morgan fingerprint density at radius 1 is 1.21 bits per heavy atom. The molecular weight excluding hydrogens is 300 g/mol. The summed E-state index contributed by atoms with van der Waals surface area (Å²) >= 11 is 3.51. The van der Waals surface area contributed by atoms with Gasteiger partial charge >= 0.3 is 0 Å². The lowest BCUT2D eigenvalue weighted by Gasteiger charge is -2.30. The van der Waals surface area contributed by atoms with Gasteiger partial charge in [0.15, 0.2) is 0 Å². The molecule has 1 saturated heterocycles. The summed E-state index contributed by atoms with van der Waals surface area (Å²) in [6.45, 7) is 4.74. The average Bonchev–Trinajstić information content (AvgIpc) is 2.84. The van der Waals surface area contributed by atoms with Gasteiger partial charge in [0.2, 0.25) is 0 Å². The molecule has 1 saturated carbocycles. The second kappa shape index (κ2) is 5.55. The van der Waals surface area contributed by atoms with Crippen molar-refractivity contribution >= 4 is 15.9 Å². The van der Waals surface area contributed by atoms with Crippen molar-refractivity contribution in [3.8, 4) is 0 Å². The zero-order valence-electron chi connectivity index (χ0n) is 11.6. The maximum Gasteiger partial charge on any atom is 0.0320 e. The molecule has 2 aliphatic rings. The van der Waals surface area contributed by atoms with E-state index in [1.54, 1.807) is 0 Å². The zero-order valence-corrected chi connectivity index (χ0v) is 13.1. The van der Waals surface area contributed by atoms with Crippen LogP contribution in [-0.4, -0.2) is 24.0 Å². The van der Waals surface area contributed by atoms with Crippen LogP contribution in [0.1, 0.15) is 37.8 Å². The van der Waals surface area contributed by atoms with Gasteiger partial charge in [0.1, 0.15) is 0 Å². The first-order valence-corrected chi connectivity index (χ1v) is 8.19. The highest BCUT2D eigenvalue weighted by Gasteiger charge is 2.40. The van der Waals surface area contributed by atoms with Crippen LogP contribution < -0.4 is 5.73 Å². The Kier molecular flexibility index (Phi) is 3.97. The van der Waals surface area contributed by atoms with Crippen molar-refractivity contribution in [3.63, 3.8) is 0 Å². The molecule has 3 rings (SSSR count). The van der Waals surface area contributed by atoms with Gasteiger partial charge in [0.05, 0.1) is 0 Å². The molecule has 4 unspecified atom stereocenters. The lowest BCUT2D eigenvalue weighted by atomic mass is 9.78. The Morgan fingerprint density at radius 3 is 2.63 bits per heavy atom. The largest absolute Gasteiger partial charge is 0.327 e. The fourth-order valence-electron chi connectivity index (χ4n) is 3.82. The van der Waals surface area contributed by atoms with E-state index >= 15 is 0 Å². The first-order valence-electron chi connectivity index (χ1n) is 7.40. The summed E-state index contributed by atoms with van der Waals surface area (Å²) in [7, 11) is 0. The van der Waals surface area contributed by atoms with Crippen molar-refractivity contribution in [2.75, 3.05) is 13.1 Å². The lowest BCUT2D eigenvalue weighted by Crippen LogP contribution is -2.38. The number of nitrogens with zero attached hydrogens (tertiary/aromatic N) is 1. The average molecular weight is 323 g/mol. The molecule has 0 bridgehead atoms. The summed E-state index contributed by atoms with van der Waals surface area (Å²) in [5.41, 5.74) is 7.72. The summed E-state index contributed by atoms with van der Waals surface area (Å²) in [5, 5.41) is 0. The van der Waals surface area contributed by atoms with Crippen LogP contribution in [-0.2, 0) is 0 Å². The molecule has 2 fully saturated rings. The third-order valence-corrected chi connectivity index (χ3v) is 5.61. The van der Waals surface area contributed by atoms with Crippen molar-refractivity contribution in [2.45, 2.75) is 38.3 Å². The minimum Gasteiger partial charge on any atom is -0.327 e. The normalized spacial score (nSPS) is 33.1. The molecule has 1 aromatic carbocycles. The van der Waals surface area contributed by atoms with Crippen LogP contribution >= 0.6 is 15.9 Å². The number of nitrogens with two attached hydrogens (primary N) is 1. The Morgan fingerprint density at radius 2 is 1.95 bits per heavy atom. The van der Waals surface area contributed by atoms with Crippen LogP contribution in [0.4, 0.5) is 0 Å². The van der Waals surface area contributed by atoms with Gasteiger partial charge < -0.3 is 5.73 Å². The molecule has 2 nitrogen and oxygen atoms in total. The molecule has 1 heterocycles. The molecule has 0 amide bonds. The summed E-state index contributed by atoms with van der Waals surface area (Å²) in [4.78, 5) is 2.63. The number of halogens is 1. The molecular formula is C16H23BrN2. The first-order chi connectivity index (χ1) is 9.15. The predicted molar refractivity (Wildman–Crippen MR) is 82.9 cm³/mol. The molecule has 19 heavy (non-hydrogen) atoms. The van der Waals surface area contributed by atoms with Gasteiger partial charge in [0.25, 0.3) is 0 Å². The Bertz CT molecular complexity index is 431. The minimum absolute atomic E-state index is 0.431. The van der Waals surface area contributed by atoms with E-state index in [1.165, 1.54) is 37.9 Å². The second-order valence-corrected chi connectivity index (χ2v) is 7.12. The summed E-state index contributed by atoms with van der Waals surface area (Å²) in [6, 6.07) is 9.68. The predicted octanol–water partition coefficient (Wildman–Crippen LogP) is 3.57. The number of hydrogen-bond donors (Lipinski definition) is 1. The van der Waals surface area contributed by atoms with Crippen LogP contribution in [0.25, 0.3) is 0 Å². The van der Waals surface area contributed by atoms with Crippen molar-refractivity contribution in [2.24, 2.45) is 17.6 Å². The van der Waals surface area contributed by atoms with Crippen LogP contribution in [0.5, 0.6) is 0 Å². The molecule has 0 radical (unpaired) electrons. The van der Waals surface area contributed by atoms with E-state index in [1.807, 2.05) is 0 Å². The Hall–Kier alpha value is -0.380. The standard InChI is InChI=1S/C16H23BrN2/c1-11(12-5-7-14(17)8-6-12)19-9-13-3-2-4-16(18)15(13)10-19/h5-8,11,13,15-16H,2-4,9-10,18H2,1H3. The van der Waals surface area contributed by atoms with Crippen LogP contribution in [0.2, 0.25) is 0 Å². The highest BCUT2D eigenvalue weighted by molar-refractivity contribution is 9.10. The van der Waals surface area contributed by atoms with Crippen LogP contribution in [0.3, 0.4) is 0 Å². The highest BCUT2D eigenvalue weighted by atomic mass is 79.9. The third kappa shape index (κ3) is 2.74. The smallest absolute Gasteiger partial charge is 0.0320 e. The van der Waals surface area contributed by atoms with E-state index in [4.69, 9.17) is 5.73 Å². The molecule has 4 atom stereocenters.